The summed E-state index contributed by atoms with van der Waals surface area (Å²) < 4.78 is 35.5. The molecule has 1 saturated heterocycles. The van der Waals surface area contributed by atoms with Crippen molar-refractivity contribution in [3.8, 4) is 16.9 Å². The average Bonchev–Trinajstić information content (AvgIpc) is 2.73. The molecule has 1 aliphatic rings. The van der Waals surface area contributed by atoms with Crippen molar-refractivity contribution in [3.63, 3.8) is 0 Å². The first-order valence-electron chi connectivity index (χ1n) is 9.74. The number of hydrogen-bond donors (Lipinski definition) is 5. The summed E-state index contributed by atoms with van der Waals surface area (Å²) in [5.74, 6) is 0.329. The quantitative estimate of drug-likeness (QED) is 0.362. The Kier molecular flexibility index (Phi) is 7.32. The van der Waals surface area contributed by atoms with Crippen LogP contribution in [0.4, 0.5) is 0 Å². The molecule has 1 fully saturated rings. The standard InChI is InChI=1S/C21H27NO8S/c1-12(24)22-18-20(26)19(25)17(11-23)30-21(18)29-16-9-4-3-8-15(16)13-6-5-7-14(10-13)31(2,27)28/h3-10,12,17-26H,11H2,1-2H3. The molecule has 3 rings (SSSR count). The van der Waals surface area contributed by atoms with Crippen molar-refractivity contribution in [2.45, 2.75) is 48.7 Å². The van der Waals surface area contributed by atoms with Crippen LogP contribution in [0.25, 0.3) is 11.1 Å². The molecule has 0 spiro atoms. The summed E-state index contributed by atoms with van der Waals surface area (Å²) in [6.07, 6.45) is -4.93. The van der Waals surface area contributed by atoms with Gasteiger partial charge >= 0.3 is 0 Å². The van der Waals surface area contributed by atoms with E-state index in [1.807, 2.05) is 0 Å². The first kappa shape index (κ1) is 23.6. The molecule has 0 bridgehead atoms. The van der Waals surface area contributed by atoms with Crippen molar-refractivity contribution in [2.24, 2.45) is 0 Å². The van der Waals surface area contributed by atoms with Crippen LogP contribution in [0.2, 0.25) is 0 Å². The molecule has 170 valence electrons. The number of benzene rings is 2. The third-order valence-corrected chi connectivity index (χ3v) is 6.13. The topological polar surface area (TPSA) is 146 Å². The number of aliphatic hydroxyl groups is 4. The first-order chi connectivity index (χ1) is 14.6. The van der Waals surface area contributed by atoms with Gasteiger partial charge in [-0.1, -0.05) is 30.3 Å². The van der Waals surface area contributed by atoms with Gasteiger partial charge < -0.3 is 29.9 Å². The van der Waals surface area contributed by atoms with Crippen molar-refractivity contribution in [1.29, 1.82) is 0 Å². The van der Waals surface area contributed by atoms with Gasteiger partial charge in [0.05, 0.1) is 11.5 Å². The third kappa shape index (κ3) is 5.42. The highest BCUT2D eigenvalue weighted by molar-refractivity contribution is 7.90. The molecule has 5 N–H and O–H groups in total. The second-order valence-electron chi connectivity index (χ2n) is 7.49. The minimum absolute atomic E-state index is 0.154. The Labute approximate surface area is 180 Å². The summed E-state index contributed by atoms with van der Waals surface area (Å²) in [6, 6.07) is 12.2. The summed E-state index contributed by atoms with van der Waals surface area (Å²) in [5, 5.41) is 42.6. The van der Waals surface area contributed by atoms with Crippen LogP contribution in [0.1, 0.15) is 6.92 Å². The van der Waals surface area contributed by atoms with E-state index in [0.717, 1.165) is 6.26 Å². The SMILES string of the molecule is CC(O)NC1C(Oc2ccccc2-c2cccc(S(C)(=O)=O)c2)OC(CO)C(O)C1O. The second kappa shape index (κ2) is 9.61. The first-order valence-corrected chi connectivity index (χ1v) is 11.6. The smallest absolute Gasteiger partial charge is 0.218 e. The number of para-hydroxylation sites is 1. The molecule has 0 aliphatic carbocycles. The van der Waals surface area contributed by atoms with E-state index in [2.05, 4.69) is 5.32 Å². The van der Waals surface area contributed by atoms with Crippen molar-refractivity contribution in [2.75, 3.05) is 12.9 Å². The van der Waals surface area contributed by atoms with Crippen LogP contribution >= 0.6 is 0 Å². The number of aliphatic hydroxyl groups excluding tert-OH is 4. The predicted octanol–water partition coefficient (Wildman–Crippen LogP) is -0.129. The molecule has 1 heterocycles. The molecule has 6 unspecified atom stereocenters. The zero-order valence-corrected chi connectivity index (χ0v) is 17.9. The number of sulfone groups is 1. The highest BCUT2D eigenvalue weighted by atomic mass is 32.2. The van der Waals surface area contributed by atoms with E-state index in [-0.39, 0.29) is 4.90 Å². The summed E-state index contributed by atoms with van der Waals surface area (Å²) in [5.41, 5.74) is 1.17. The Morgan fingerprint density at radius 3 is 2.48 bits per heavy atom. The van der Waals surface area contributed by atoms with Crippen molar-refractivity contribution >= 4 is 9.84 Å². The summed E-state index contributed by atoms with van der Waals surface area (Å²) in [7, 11) is -3.41. The van der Waals surface area contributed by atoms with E-state index in [1.54, 1.807) is 36.4 Å². The Bertz CT molecular complexity index is 996. The van der Waals surface area contributed by atoms with Gasteiger partial charge in [-0.2, -0.15) is 0 Å². The van der Waals surface area contributed by atoms with Gasteiger partial charge in [-0.05, 0) is 30.7 Å². The maximum atomic E-state index is 11.9. The van der Waals surface area contributed by atoms with E-state index in [1.165, 1.54) is 19.1 Å². The molecular weight excluding hydrogens is 426 g/mol. The minimum atomic E-state index is -3.41. The summed E-state index contributed by atoms with van der Waals surface area (Å²) >= 11 is 0. The maximum absolute atomic E-state index is 11.9. The summed E-state index contributed by atoms with van der Waals surface area (Å²) in [4.78, 5) is 0.154. The molecule has 0 saturated carbocycles. The fourth-order valence-corrected chi connectivity index (χ4v) is 4.13. The van der Waals surface area contributed by atoms with Gasteiger partial charge in [0.2, 0.25) is 6.29 Å². The van der Waals surface area contributed by atoms with Crippen LogP contribution in [0.5, 0.6) is 5.75 Å². The van der Waals surface area contributed by atoms with E-state index in [0.29, 0.717) is 16.9 Å². The van der Waals surface area contributed by atoms with Gasteiger partial charge in [0.1, 0.15) is 36.3 Å². The second-order valence-corrected chi connectivity index (χ2v) is 9.50. The van der Waals surface area contributed by atoms with Crippen LogP contribution in [0.15, 0.2) is 53.4 Å². The molecule has 31 heavy (non-hydrogen) atoms. The van der Waals surface area contributed by atoms with Crippen molar-refractivity contribution in [3.05, 3.63) is 48.5 Å². The Morgan fingerprint density at radius 2 is 1.84 bits per heavy atom. The molecule has 10 heteroatoms. The Morgan fingerprint density at radius 1 is 1.13 bits per heavy atom. The molecule has 2 aromatic rings. The normalized spacial score (nSPS) is 27.6. The number of rotatable bonds is 7. The minimum Gasteiger partial charge on any atom is -0.462 e. The summed E-state index contributed by atoms with van der Waals surface area (Å²) in [6.45, 7) is 0.899. The molecule has 0 radical (unpaired) electrons. The Balaban J connectivity index is 1.97. The zero-order chi connectivity index (χ0) is 22.8. The van der Waals surface area contributed by atoms with Crippen LogP contribution in [0, 0.1) is 0 Å². The van der Waals surface area contributed by atoms with Crippen LogP contribution < -0.4 is 10.1 Å². The van der Waals surface area contributed by atoms with Gasteiger partial charge in [0, 0.05) is 11.8 Å². The average molecular weight is 454 g/mol. The van der Waals surface area contributed by atoms with E-state index >= 15 is 0 Å². The van der Waals surface area contributed by atoms with Gasteiger partial charge in [-0.3, -0.25) is 5.32 Å². The monoisotopic (exact) mass is 453 g/mol. The molecule has 0 amide bonds. The number of nitrogens with one attached hydrogen (secondary N) is 1. The molecule has 6 atom stereocenters. The fraction of sp³-hybridized carbons (Fsp3) is 0.429. The van der Waals surface area contributed by atoms with E-state index in [4.69, 9.17) is 9.47 Å². The zero-order valence-electron chi connectivity index (χ0n) is 17.1. The van der Waals surface area contributed by atoms with Gasteiger partial charge in [-0.15, -0.1) is 0 Å². The van der Waals surface area contributed by atoms with Gasteiger partial charge in [0.15, 0.2) is 9.84 Å². The lowest BCUT2D eigenvalue weighted by Gasteiger charge is -2.43. The van der Waals surface area contributed by atoms with E-state index < -0.39 is 53.3 Å². The lowest BCUT2D eigenvalue weighted by molar-refractivity contribution is -0.248. The molecular formula is C21H27NO8S. The van der Waals surface area contributed by atoms with E-state index in [9.17, 15) is 28.8 Å². The van der Waals surface area contributed by atoms with Crippen molar-refractivity contribution < 1.29 is 38.3 Å². The Hall–Kier alpha value is -2.05. The molecule has 2 aromatic carbocycles. The van der Waals surface area contributed by atoms with Crippen molar-refractivity contribution in [1.82, 2.24) is 5.32 Å². The third-order valence-electron chi connectivity index (χ3n) is 5.02. The van der Waals surface area contributed by atoms with Gasteiger partial charge in [0.25, 0.3) is 0 Å². The van der Waals surface area contributed by atoms with Crippen LogP contribution in [-0.2, 0) is 14.6 Å². The predicted molar refractivity (Wildman–Crippen MR) is 112 cm³/mol. The number of hydrogen-bond acceptors (Lipinski definition) is 9. The highest BCUT2D eigenvalue weighted by Gasteiger charge is 2.46. The highest BCUT2D eigenvalue weighted by Crippen LogP contribution is 2.33. The van der Waals surface area contributed by atoms with Crippen LogP contribution in [0.3, 0.4) is 0 Å². The molecule has 9 nitrogen and oxygen atoms in total. The largest absolute Gasteiger partial charge is 0.462 e. The number of ether oxygens (including phenoxy) is 2. The van der Waals surface area contributed by atoms with Gasteiger partial charge in [-0.25, -0.2) is 8.42 Å². The maximum Gasteiger partial charge on any atom is 0.218 e. The fourth-order valence-electron chi connectivity index (χ4n) is 3.47. The lowest BCUT2D eigenvalue weighted by atomic mass is 9.96. The van der Waals surface area contributed by atoms with Crippen LogP contribution in [-0.4, -0.2) is 78.6 Å². The molecule has 0 aromatic heterocycles. The molecule has 1 aliphatic heterocycles. The lowest BCUT2D eigenvalue weighted by Crippen LogP contribution is -2.65.